The number of rotatable bonds is 2. The molecular weight excluding hydrogens is 275 g/mol. The van der Waals surface area contributed by atoms with Crippen LogP contribution in [0.25, 0.3) is 0 Å². The van der Waals surface area contributed by atoms with Crippen molar-refractivity contribution in [3.63, 3.8) is 0 Å². The molecule has 0 aliphatic carbocycles. The molecule has 1 aromatic rings. The van der Waals surface area contributed by atoms with Crippen molar-refractivity contribution in [3.05, 3.63) is 29.3 Å². The van der Waals surface area contributed by atoms with E-state index in [1.807, 2.05) is 4.90 Å². The first kappa shape index (κ1) is 14.5. The van der Waals surface area contributed by atoms with Crippen molar-refractivity contribution in [2.24, 2.45) is 5.41 Å². The lowest BCUT2D eigenvalue weighted by molar-refractivity contribution is -0.137. The summed E-state index contributed by atoms with van der Waals surface area (Å²) in [6.45, 7) is 5.47. The standard InChI is InChI=1S/C14H17ClF3N/c1-13(2)5-6-19(9-13)12-4-3-10(8-15)7-11(12)14(16,17)18/h3-4,7H,5-6,8-9H2,1-2H3. The van der Waals surface area contributed by atoms with Gasteiger partial charge >= 0.3 is 6.18 Å². The van der Waals surface area contributed by atoms with Gasteiger partial charge in [0.25, 0.3) is 0 Å². The van der Waals surface area contributed by atoms with Crippen LogP contribution < -0.4 is 4.90 Å². The van der Waals surface area contributed by atoms with Gasteiger partial charge in [0.1, 0.15) is 0 Å². The smallest absolute Gasteiger partial charge is 0.370 e. The van der Waals surface area contributed by atoms with Crippen LogP contribution in [0.2, 0.25) is 0 Å². The Hall–Kier alpha value is -0.900. The van der Waals surface area contributed by atoms with Gasteiger partial charge in [-0.15, -0.1) is 11.6 Å². The minimum absolute atomic E-state index is 0.0635. The molecule has 106 valence electrons. The van der Waals surface area contributed by atoms with E-state index in [0.717, 1.165) is 12.5 Å². The van der Waals surface area contributed by atoms with Gasteiger partial charge in [0.15, 0.2) is 0 Å². The zero-order valence-corrected chi connectivity index (χ0v) is 11.8. The molecule has 5 heteroatoms. The van der Waals surface area contributed by atoms with E-state index in [4.69, 9.17) is 11.6 Å². The molecule has 1 nitrogen and oxygen atoms in total. The fraction of sp³-hybridized carbons (Fsp3) is 0.571. The van der Waals surface area contributed by atoms with E-state index in [-0.39, 0.29) is 17.0 Å². The second-order valence-electron chi connectivity index (χ2n) is 5.82. The molecular formula is C14H17ClF3N. The summed E-state index contributed by atoms with van der Waals surface area (Å²) in [6.07, 6.45) is -3.44. The van der Waals surface area contributed by atoms with E-state index in [1.54, 1.807) is 12.1 Å². The monoisotopic (exact) mass is 291 g/mol. The highest BCUT2D eigenvalue weighted by Crippen LogP contribution is 2.41. The number of benzene rings is 1. The van der Waals surface area contributed by atoms with Gasteiger partial charge in [-0.05, 0) is 29.5 Å². The molecule has 0 radical (unpaired) electrons. The molecule has 1 aliphatic heterocycles. The Balaban J connectivity index is 2.40. The third kappa shape index (κ3) is 3.16. The van der Waals surface area contributed by atoms with Crippen LogP contribution in [0.15, 0.2) is 18.2 Å². The van der Waals surface area contributed by atoms with Gasteiger partial charge in [0.2, 0.25) is 0 Å². The van der Waals surface area contributed by atoms with Crippen LogP contribution >= 0.6 is 11.6 Å². The quantitative estimate of drug-likeness (QED) is 0.715. The van der Waals surface area contributed by atoms with Crippen molar-refractivity contribution in [2.45, 2.75) is 32.3 Å². The largest absolute Gasteiger partial charge is 0.418 e. The third-order valence-electron chi connectivity index (χ3n) is 3.54. The summed E-state index contributed by atoms with van der Waals surface area (Å²) in [5.74, 6) is 0.0921. The van der Waals surface area contributed by atoms with E-state index >= 15 is 0 Å². The summed E-state index contributed by atoms with van der Waals surface area (Å²) < 4.78 is 39.4. The number of alkyl halides is 4. The van der Waals surface area contributed by atoms with Crippen LogP contribution in [-0.4, -0.2) is 13.1 Å². The minimum Gasteiger partial charge on any atom is -0.370 e. The van der Waals surface area contributed by atoms with Gasteiger partial charge in [-0.3, -0.25) is 0 Å². The van der Waals surface area contributed by atoms with Crippen LogP contribution in [0.1, 0.15) is 31.4 Å². The van der Waals surface area contributed by atoms with E-state index in [9.17, 15) is 13.2 Å². The zero-order valence-electron chi connectivity index (χ0n) is 11.0. The fourth-order valence-corrected chi connectivity index (χ4v) is 2.65. The minimum atomic E-state index is -4.34. The second kappa shape index (κ2) is 4.89. The predicted octanol–water partition coefficient (Wildman–Crippen LogP) is 4.68. The molecule has 1 aliphatic rings. The Morgan fingerprint density at radius 2 is 2.00 bits per heavy atom. The topological polar surface area (TPSA) is 3.24 Å². The Bertz CT molecular complexity index is 468. The highest BCUT2D eigenvalue weighted by molar-refractivity contribution is 6.17. The molecule has 0 unspecified atom stereocenters. The fourth-order valence-electron chi connectivity index (χ4n) is 2.49. The summed E-state index contributed by atoms with van der Waals surface area (Å²) >= 11 is 5.63. The highest BCUT2D eigenvalue weighted by Gasteiger charge is 2.38. The predicted molar refractivity (Wildman–Crippen MR) is 71.6 cm³/mol. The average molecular weight is 292 g/mol. The molecule has 1 heterocycles. The first-order valence-electron chi connectivity index (χ1n) is 6.24. The number of anilines is 1. The lowest BCUT2D eigenvalue weighted by Gasteiger charge is -2.25. The molecule has 0 bridgehead atoms. The Labute approximate surface area is 116 Å². The molecule has 1 saturated heterocycles. The third-order valence-corrected chi connectivity index (χ3v) is 3.85. The zero-order chi connectivity index (χ0) is 14.3. The van der Waals surface area contributed by atoms with Crippen LogP contribution in [0, 0.1) is 5.41 Å². The van der Waals surface area contributed by atoms with Crippen molar-refractivity contribution < 1.29 is 13.2 Å². The lowest BCUT2D eigenvalue weighted by atomic mass is 9.93. The first-order chi connectivity index (χ1) is 8.73. The maximum Gasteiger partial charge on any atom is 0.418 e. The van der Waals surface area contributed by atoms with Gasteiger partial charge in [0, 0.05) is 24.7 Å². The molecule has 2 rings (SSSR count). The van der Waals surface area contributed by atoms with Crippen molar-refractivity contribution >= 4 is 17.3 Å². The maximum absolute atomic E-state index is 13.1. The molecule has 1 fully saturated rings. The van der Waals surface area contributed by atoms with Crippen molar-refractivity contribution in [1.82, 2.24) is 0 Å². The molecule has 0 amide bonds. The molecule has 0 aromatic heterocycles. The van der Waals surface area contributed by atoms with E-state index in [2.05, 4.69) is 13.8 Å². The van der Waals surface area contributed by atoms with Crippen LogP contribution in [0.5, 0.6) is 0 Å². The summed E-state index contributed by atoms with van der Waals surface area (Å²) in [6, 6.07) is 4.37. The maximum atomic E-state index is 13.1. The summed E-state index contributed by atoms with van der Waals surface area (Å²) in [7, 11) is 0. The van der Waals surface area contributed by atoms with Gasteiger partial charge < -0.3 is 4.90 Å². The summed E-state index contributed by atoms with van der Waals surface area (Å²) in [5.41, 5.74) is 0.250. The van der Waals surface area contributed by atoms with Gasteiger partial charge in [-0.1, -0.05) is 19.9 Å². The van der Waals surface area contributed by atoms with E-state index < -0.39 is 11.7 Å². The van der Waals surface area contributed by atoms with Crippen molar-refractivity contribution in [1.29, 1.82) is 0 Å². The summed E-state index contributed by atoms with van der Waals surface area (Å²) in [5, 5.41) is 0. The first-order valence-corrected chi connectivity index (χ1v) is 6.77. The lowest BCUT2D eigenvalue weighted by Crippen LogP contribution is -2.25. The Morgan fingerprint density at radius 1 is 1.32 bits per heavy atom. The van der Waals surface area contributed by atoms with Gasteiger partial charge in [0.05, 0.1) is 5.56 Å². The van der Waals surface area contributed by atoms with Gasteiger partial charge in [-0.25, -0.2) is 0 Å². The van der Waals surface area contributed by atoms with Crippen LogP contribution in [0.3, 0.4) is 0 Å². The average Bonchev–Trinajstić information content (AvgIpc) is 2.67. The Kier molecular flexibility index (Phi) is 3.74. The number of hydrogen-bond donors (Lipinski definition) is 0. The van der Waals surface area contributed by atoms with Crippen molar-refractivity contribution in [2.75, 3.05) is 18.0 Å². The molecule has 0 saturated carbocycles. The number of halogens is 4. The Morgan fingerprint density at radius 3 is 2.47 bits per heavy atom. The second-order valence-corrected chi connectivity index (χ2v) is 6.09. The van der Waals surface area contributed by atoms with E-state index in [1.165, 1.54) is 0 Å². The normalized spacial score (nSPS) is 18.9. The molecule has 0 spiro atoms. The molecule has 1 aromatic carbocycles. The molecule has 0 N–H and O–H groups in total. The van der Waals surface area contributed by atoms with Crippen LogP contribution in [0.4, 0.5) is 18.9 Å². The SMILES string of the molecule is CC1(C)CCN(c2ccc(CCl)cc2C(F)(F)F)C1. The number of hydrogen-bond acceptors (Lipinski definition) is 1. The molecule has 0 atom stereocenters. The van der Waals surface area contributed by atoms with E-state index in [0.29, 0.717) is 18.7 Å². The van der Waals surface area contributed by atoms with Crippen molar-refractivity contribution in [3.8, 4) is 0 Å². The highest BCUT2D eigenvalue weighted by atomic mass is 35.5. The van der Waals surface area contributed by atoms with Crippen LogP contribution in [-0.2, 0) is 12.1 Å². The number of nitrogens with zero attached hydrogens (tertiary/aromatic N) is 1. The summed E-state index contributed by atoms with van der Waals surface area (Å²) in [4.78, 5) is 1.82. The molecule has 19 heavy (non-hydrogen) atoms. The van der Waals surface area contributed by atoms with Gasteiger partial charge in [-0.2, -0.15) is 13.2 Å².